The number of guanidine groups is 1. The SMILES string of the molecule is CCCC(C)(C)NC(N)=NCC1CCC(CC2CCC(C(C)(C)C)CC2)CC1. The van der Waals surface area contributed by atoms with Gasteiger partial charge < -0.3 is 11.1 Å². The summed E-state index contributed by atoms with van der Waals surface area (Å²) >= 11 is 0. The van der Waals surface area contributed by atoms with Gasteiger partial charge in [-0.3, -0.25) is 4.99 Å². The minimum absolute atomic E-state index is 0.0476. The maximum absolute atomic E-state index is 6.14. The van der Waals surface area contributed by atoms with E-state index in [0.717, 1.165) is 43.1 Å². The third kappa shape index (κ3) is 7.95. The molecule has 0 radical (unpaired) electrons. The third-order valence-corrected chi connectivity index (χ3v) is 7.57. The predicted octanol–water partition coefficient (Wildman–Crippen LogP) is 6.52. The molecule has 2 rings (SSSR count). The van der Waals surface area contributed by atoms with Crippen molar-refractivity contribution >= 4 is 5.96 Å². The second-order valence-corrected chi connectivity index (χ2v) is 11.7. The Morgan fingerprint density at radius 1 is 0.857 bits per heavy atom. The maximum atomic E-state index is 6.14. The van der Waals surface area contributed by atoms with Crippen molar-refractivity contribution in [3.8, 4) is 0 Å². The highest BCUT2D eigenvalue weighted by molar-refractivity contribution is 5.78. The molecule has 0 amide bonds. The molecule has 0 spiro atoms. The van der Waals surface area contributed by atoms with Gasteiger partial charge in [-0.1, -0.05) is 59.8 Å². The highest BCUT2D eigenvalue weighted by Crippen LogP contribution is 2.43. The van der Waals surface area contributed by atoms with Crippen LogP contribution >= 0.6 is 0 Å². The van der Waals surface area contributed by atoms with Gasteiger partial charge in [0, 0.05) is 12.1 Å². The van der Waals surface area contributed by atoms with E-state index in [1.807, 2.05) is 0 Å². The molecule has 2 aliphatic rings. The normalized spacial score (nSPS) is 30.3. The number of nitrogens with two attached hydrogens (primary N) is 1. The zero-order valence-electron chi connectivity index (χ0n) is 19.8. The highest BCUT2D eigenvalue weighted by Gasteiger charge is 2.31. The molecule has 0 aromatic rings. The molecule has 0 bridgehead atoms. The van der Waals surface area contributed by atoms with E-state index in [0.29, 0.717) is 11.4 Å². The summed E-state index contributed by atoms with van der Waals surface area (Å²) < 4.78 is 0. The highest BCUT2D eigenvalue weighted by atomic mass is 15.1. The van der Waals surface area contributed by atoms with Gasteiger partial charge in [0.15, 0.2) is 5.96 Å². The molecule has 3 N–H and O–H groups in total. The smallest absolute Gasteiger partial charge is 0.189 e. The molecule has 0 saturated heterocycles. The van der Waals surface area contributed by atoms with E-state index in [9.17, 15) is 0 Å². The van der Waals surface area contributed by atoms with Crippen LogP contribution in [0.25, 0.3) is 0 Å². The molecule has 3 heteroatoms. The summed E-state index contributed by atoms with van der Waals surface area (Å²) in [5.41, 5.74) is 6.69. The summed E-state index contributed by atoms with van der Waals surface area (Å²) in [6.07, 6.45) is 15.1. The number of aliphatic imine (C=N–C) groups is 1. The Bertz CT molecular complexity index is 473. The zero-order chi connectivity index (χ0) is 20.8. The first-order chi connectivity index (χ1) is 13.1. The Morgan fingerprint density at radius 2 is 1.36 bits per heavy atom. The summed E-state index contributed by atoms with van der Waals surface area (Å²) in [4.78, 5) is 4.67. The standard InChI is InChI=1S/C25H49N3/c1-7-16-25(5,6)28-23(26)27-18-21-10-8-19(9-11-21)17-20-12-14-22(15-13-20)24(2,3)4/h19-22H,7-18H2,1-6H3,(H3,26,27,28). The topological polar surface area (TPSA) is 50.4 Å². The van der Waals surface area contributed by atoms with Gasteiger partial charge in [-0.2, -0.15) is 0 Å². The van der Waals surface area contributed by atoms with Crippen LogP contribution in [0.2, 0.25) is 0 Å². The zero-order valence-corrected chi connectivity index (χ0v) is 19.8. The van der Waals surface area contributed by atoms with Crippen molar-refractivity contribution in [2.45, 2.75) is 118 Å². The van der Waals surface area contributed by atoms with Crippen molar-refractivity contribution in [2.75, 3.05) is 6.54 Å². The molecule has 3 nitrogen and oxygen atoms in total. The van der Waals surface area contributed by atoms with Gasteiger partial charge in [-0.05, 0) is 81.5 Å². The Balaban J connectivity index is 1.66. The summed E-state index contributed by atoms with van der Waals surface area (Å²) in [6, 6.07) is 0. The van der Waals surface area contributed by atoms with E-state index in [4.69, 9.17) is 5.73 Å². The van der Waals surface area contributed by atoms with Crippen LogP contribution in [0.3, 0.4) is 0 Å². The van der Waals surface area contributed by atoms with Crippen LogP contribution in [-0.2, 0) is 0 Å². The van der Waals surface area contributed by atoms with Gasteiger partial charge in [0.05, 0.1) is 0 Å². The Kier molecular flexibility index (Phi) is 8.70. The van der Waals surface area contributed by atoms with E-state index in [2.05, 4.69) is 51.9 Å². The van der Waals surface area contributed by atoms with Crippen LogP contribution < -0.4 is 11.1 Å². The summed E-state index contributed by atoms with van der Waals surface area (Å²) in [6.45, 7) is 14.8. The van der Waals surface area contributed by atoms with E-state index in [1.54, 1.807) is 0 Å². The maximum Gasteiger partial charge on any atom is 0.189 e. The first-order valence-corrected chi connectivity index (χ1v) is 12.2. The lowest BCUT2D eigenvalue weighted by Crippen LogP contribution is -2.47. The Labute approximate surface area is 175 Å². The number of hydrogen-bond donors (Lipinski definition) is 2. The summed E-state index contributed by atoms with van der Waals surface area (Å²) in [5, 5.41) is 3.40. The number of nitrogens with zero attached hydrogens (tertiary/aromatic N) is 1. The van der Waals surface area contributed by atoms with Gasteiger partial charge in [0.2, 0.25) is 0 Å². The van der Waals surface area contributed by atoms with Gasteiger partial charge in [0.1, 0.15) is 0 Å². The van der Waals surface area contributed by atoms with Crippen LogP contribution in [0.1, 0.15) is 112 Å². The van der Waals surface area contributed by atoms with Gasteiger partial charge in [-0.15, -0.1) is 0 Å². The van der Waals surface area contributed by atoms with Crippen molar-refractivity contribution in [2.24, 2.45) is 39.8 Å². The molecule has 2 fully saturated rings. The average molecular weight is 392 g/mol. The molecular formula is C25H49N3. The van der Waals surface area contributed by atoms with E-state index in [-0.39, 0.29) is 5.54 Å². The molecule has 2 aliphatic carbocycles. The fourth-order valence-electron chi connectivity index (χ4n) is 5.69. The van der Waals surface area contributed by atoms with Crippen LogP contribution in [0.15, 0.2) is 4.99 Å². The molecule has 0 aromatic heterocycles. The van der Waals surface area contributed by atoms with E-state index >= 15 is 0 Å². The summed E-state index contributed by atoms with van der Waals surface area (Å²) in [5.74, 6) is 4.28. The van der Waals surface area contributed by atoms with Gasteiger partial charge in [-0.25, -0.2) is 0 Å². The molecular weight excluding hydrogens is 342 g/mol. The Morgan fingerprint density at radius 3 is 1.86 bits per heavy atom. The predicted molar refractivity (Wildman–Crippen MR) is 124 cm³/mol. The average Bonchev–Trinajstić information content (AvgIpc) is 2.60. The van der Waals surface area contributed by atoms with Crippen LogP contribution in [-0.4, -0.2) is 18.0 Å². The molecule has 0 heterocycles. The summed E-state index contributed by atoms with van der Waals surface area (Å²) in [7, 11) is 0. The lowest BCUT2D eigenvalue weighted by molar-refractivity contribution is 0.130. The van der Waals surface area contributed by atoms with Crippen molar-refractivity contribution in [1.82, 2.24) is 5.32 Å². The fraction of sp³-hybridized carbons (Fsp3) is 0.960. The first-order valence-electron chi connectivity index (χ1n) is 12.2. The molecule has 0 aliphatic heterocycles. The minimum Gasteiger partial charge on any atom is -0.370 e. The molecule has 0 aromatic carbocycles. The quantitative estimate of drug-likeness (QED) is 0.383. The fourth-order valence-corrected chi connectivity index (χ4v) is 5.69. The van der Waals surface area contributed by atoms with E-state index in [1.165, 1.54) is 57.8 Å². The van der Waals surface area contributed by atoms with Crippen LogP contribution in [0.5, 0.6) is 0 Å². The van der Waals surface area contributed by atoms with Gasteiger partial charge >= 0.3 is 0 Å². The van der Waals surface area contributed by atoms with Crippen molar-refractivity contribution in [1.29, 1.82) is 0 Å². The van der Waals surface area contributed by atoms with Crippen LogP contribution in [0.4, 0.5) is 0 Å². The molecule has 2 saturated carbocycles. The third-order valence-electron chi connectivity index (χ3n) is 7.57. The number of nitrogens with one attached hydrogen (secondary N) is 1. The minimum atomic E-state index is 0.0476. The van der Waals surface area contributed by atoms with Crippen molar-refractivity contribution in [3.63, 3.8) is 0 Å². The molecule has 0 atom stereocenters. The monoisotopic (exact) mass is 391 g/mol. The van der Waals surface area contributed by atoms with E-state index < -0.39 is 0 Å². The second-order valence-electron chi connectivity index (χ2n) is 11.7. The molecule has 0 unspecified atom stereocenters. The lowest BCUT2D eigenvalue weighted by atomic mass is 9.67. The Hall–Kier alpha value is -0.730. The molecule has 28 heavy (non-hydrogen) atoms. The van der Waals surface area contributed by atoms with Crippen LogP contribution in [0, 0.1) is 29.1 Å². The van der Waals surface area contributed by atoms with Crippen molar-refractivity contribution < 1.29 is 0 Å². The first kappa shape index (κ1) is 23.5. The van der Waals surface area contributed by atoms with Crippen molar-refractivity contribution in [3.05, 3.63) is 0 Å². The lowest BCUT2D eigenvalue weighted by Gasteiger charge is -2.38. The molecule has 164 valence electrons. The van der Waals surface area contributed by atoms with Gasteiger partial charge in [0.25, 0.3) is 0 Å². The number of hydrogen-bond acceptors (Lipinski definition) is 1. The second kappa shape index (κ2) is 10.3. The number of rotatable bonds is 7. The largest absolute Gasteiger partial charge is 0.370 e.